The molecule has 0 aliphatic heterocycles. The predicted octanol–water partition coefficient (Wildman–Crippen LogP) is 1.83. The van der Waals surface area contributed by atoms with Gasteiger partial charge in [-0.15, -0.1) is 0 Å². The molecule has 0 aliphatic carbocycles. The van der Waals surface area contributed by atoms with Crippen molar-refractivity contribution in [3.63, 3.8) is 0 Å². The summed E-state index contributed by atoms with van der Waals surface area (Å²) in [5.74, 6) is 0. The van der Waals surface area contributed by atoms with Crippen molar-refractivity contribution in [2.45, 2.75) is 8.13 Å². The quantitative estimate of drug-likeness (QED) is 0.545. The van der Waals surface area contributed by atoms with E-state index in [9.17, 15) is 0 Å². The Morgan fingerprint density at radius 2 is 1.50 bits per heavy atom. The third kappa shape index (κ3) is 3.35. The molecular weight excluding hydrogens is 257 g/mol. The van der Waals surface area contributed by atoms with Crippen LogP contribution in [0.5, 0.6) is 0 Å². The number of rotatable bonds is 2. The van der Waals surface area contributed by atoms with Crippen LogP contribution in [0.4, 0.5) is 0 Å². The van der Waals surface area contributed by atoms with E-state index in [0.29, 0.717) is 10.5 Å². The van der Waals surface area contributed by atoms with E-state index in [4.69, 9.17) is 62.4 Å². The molecule has 0 aliphatic rings. The van der Waals surface area contributed by atoms with Crippen molar-refractivity contribution in [1.29, 1.82) is 0 Å². The molecule has 0 fully saturated rings. The highest BCUT2D eigenvalue weighted by molar-refractivity contribution is 6.75. The summed E-state index contributed by atoms with van der Waals surface area (Å²) in [6.45, 7) is 0.0266. The summed E-state index contributed by atoms with van der Waals surface area (Å²) in [7, 11) is 0.509. The molecule has 1 nitrogen and oxygen atoms in total. The van der Waals surface area contributed by atoms with E-state index < -0.39 is 8.13 Å². The number of halogens is 5. The zero-order valence-corrected chi connectivity index (χ0v) is 10.8. The van der Waals surface area contributed by atoms with Crippen molar-refractivity contribution in [1.82, 2.24) is 0 Å². The number of hydrogen-bond acceptors (Lipinski definition) is 1. The maximum atomic E-state index is 5.58. The summed E-state index contributed by atoms with van der Waals surface area (Å²) in [5.41, 5.74) is 0. The zero-order valence-electron chi connectivity index (χ0n) is 5.01. The molecule has 0 radical (unpaired) electrons. The van der Waals surface area contributed by atoms with Gasteiger partial charge in [0.1, 0.15) is 10.5 Å². The molecule has 0 N–H and O–H groups in total. The van der Waals surface area contributed by atoms with Gasteiger partial charge in [0.25, 0.3) is 0 Å². The lowest BCUT2D eigenvalue weighted by Crippen LogP contribution is -2.35. The minimum absolute atomic E-state index is 0.0266. The summed E-state index contributed by atoms with van der Waals surface area (Å²) in [5, 5.41) is 0. The molecule has 0 rings (SSSR count). The van der Waals surface area contributed by atoms with E-state index in [1.807, 2.05) is 0 Å². The second-order valence-electron chi connectivity index (χ2n) is 1.64. The lowest BCUT2D eigenvalue weighted by atomic mass is 10.5. The Morgan fingerprint density at radius 3 is 1.60 bits per heavy atom. The molecule has 0 saturated carbocycles. The van der Waals surface area contributed by atoms with Gasteiger partial charge in [0.05, 0.1) is 6.61 Å². The molecule has 0 aromatic carbocycles. The fourth-order valence-corrected chi connectivity index (χ4v) is 1.44. The summed E-state index contributed by atoms with van der Waals surface area (Å²) >= 11 is 27.4. The normalized spacial score (nSPS) is 14.1. The first-order chi connectivity index (χ1) is 4.31. The Morgan fingerprint density at radius 1 is 1.10 bits per heavy atom. The molecule has 0 aromatic rings. The highest BCUT2D eigenvalue weighted by Gasteiger charge is 2.45. The zero-order chi connectivity index (χ0) is 8.41. The minimum atomic E-state index is -1.71. The van der Waals surface area contributed by atoms with E-state index in [2.05, 4.69) is 0 Å². The average molecular weight is 262 g/mol. The smallest absolute Gasteiger partial charge is 0.225 e. The first kappa shape index (κ1) is 11.6. The highest BCUT2D eigenvalue weighted by atomic mass is 35.6. The fraction of sp³-hybridized carbons (Fsp3) is 1.00. The molecule has 0 saturated heterocycles. The number of alkyl halides is 5. The topological polar surface area (TPSA) is 9.23 Å². The van der Waals surface area contributed by atoms with Gasteiger partial charge in [-0.25, -0.2) is 0 Å². The van der Waals surface area contributed by atoms with E-state index in [1.165, 1.54) is 0 Å². The first-order valence-corrected chi connectivity index (χ1v) is 4.95. The molecule has 0 bridgehead atoms. The van der Waals surface area contributed by atoms with Gasteiger partial charge in [-0.3, -0.25) is 0 Å². The van der Waals surface area contributed by atoms with Crippen molar-refractivity contribution in [3.8, 4) is 0 Å². The lowest BCUT2D eigenvalue weighted by molar-refractivity contribution is 0.331. The van der Waals surface area contributed by atoms with Gasteiger partial charge in [-0.05, 0) is 0 Å². The Hall–Kier alpha value is 1.63. The Kier molecular flexibility index (Phi) is 4.69. The van der Waals surface area contributed by atoms with Crippen LogP contribution in [0.25, 0.3) is 0 Å². The van der Waals surface area contributed by atoms with Crippen molar-refractivity contribution in [3.05, 3.63) is 0 Å². The average Bonchev–Trinajstić information content (AvgIpc) is 1.61. The molecule has 0 aromatic heterocycles. The Balaban J connectivity index is 4.10. The second-order valence-corrected chi connectivity index (χ2v) is 5.98. The van der Waals surface area contributed by atoms with Crippen LogP contribution in [0.3, 0.4) is 0 Å². The largest absolute Gasteiger partial charge is 0.425 e. The van der Waals surface area contributed by atoms with Crippen LogP contribution in [0.2, 0.25) is 0 Å². The van der Waals surface area contributed by atoms with Crippen LogP contribution in [-0.2, 0) is 4.43 Å². The molecule has 0 spiro atoms. The summed E-state index contributed by atoms with van der Waals surface area (Å²) in [6, 6.07) is 0. The van der Waals surface area contributed by atoms with Gasteiger partial charge >= 0.3 is 0 Å². The molecule has 62 valence electrons. The molecule has 7 heteroatoms. The van der Waals surface area contributed by atoms with E-state index in [1.54, 1.807) is 0 Å². The third-order valence-corrected chi connectivity index (χ3v) is 3.36. The van der Waals surface area contributed by atoms with Crippen molar-refractivity contribution >= 4 is 68.5 Å². The fourth-order valence-electron chi connectivity index (χ4n) is 0.263. The molecule has 0 unspecified atom stereocenters. The van der Waals surface area contributed by atoms with Crippen molar-refractivity contribution in [2.75, 3.05) is 6.61 Å². The van der Waals surface area contributed by atoms with E-state index >= 15 is 0 Å². The molecular formula is C3H5Cl5OSi. The van der Waals surface area contributed by atoms with Crippen LogP contribution in [0.15, 0.2) is 0 Å². The van der Waals surface area contributed by atoms with E-state index in [0.717, 1.165) is 0 Å². The standard InChI is InChI=1S/C3H5Cl5OSi/c4-2(5,1-9-10)3(6,7)8/h1H2,10H3. The van der Waals surface area contributed by atoms with E-state index in [-0.39, 0.29) is 6.61 Å². The van der Waals surface area contributed by atoms with Crippen LogP contribution in [-0.4, -0.2) is 25.2 Å². The summed E-state index contributed by atoms with van der Waals surface area (Å²) in [4.78, 5) is 0. The SMILES string of the molecule is [SiH3]OCC(Cl)(Cl)C(Cl)(Cl)Cl. The Labute approximate surface area is 87.4 Å². The van der Waals surface area contributed by atoms with Crippen LogP contribution in [0, 0.1) is 0 Å². The minimum Gasteiger partial charge on any atom is -0.425 e. The van der Waals surface area contributed by atoms with Gasteiger partial charge < -0.3 is 4.43 Å². The van der Waals surface area contributed by atoms with Crippen LogP contribution >= 0.6 is 58.0 Å². The van der Waals surface area contributed by atoms with Gasteiger partial charge in [0.15, 0.2) is 4.33 Å². The second kappa shape index (κ2) is 4.03. The lowest BCUT2D eigenvalue weighted by Gasteiger charge is -2.26. The predicted molar refractivity (Wildman–Crippen MR) is 50.6 cm³/mol. The molecule has 0 atom stereocenters. The van der Waals surface area contributed by atoms with Gasteiger partial charge in [-0.1, -0.05) is 58.0 Å². The summed E-state index contributed by atoms with van der Waals surface area (Å²) in [6.07, 6.45) is 0. The molecule has 10 heavy (non-hydrogen) atoms. The summed E-state index contributed by atoms with van der Waals surface area (Å²) < 4.78 is 1.59. The molecule has 0 amide bonds. The van der Waals surface area contributed by atoms with Gasteiger partial charge in [0.2, 0.25) is 3.79 Å². The number of hydrogen-bond donors (Lipinski definition) is 0. The van der Waals surface area contributed by atoms with Crippen molar-refractivity contribution < 1.29 is 4.43 Å². The van der Waals surface area contributed by atoms with Crippen LogP contribution in [0.1, 0.15) is 0 Å². The Bertz CT molecular complexity index is 110. The maximum Gasteiger partial charge on any atom is 0.225 e. The van der Waals surface area contributed by atoms with Crippen LogP contribution < -0.4 is 0 Å². The third-order valence-electron chi connectivity index (χ3n) is 0.740. The van der Waals surface area contributed by atoms with Gasteiger partial charge in [0, 0.05) is 0 Å². The van der Waals surface area contributed by atoms with Gasteiger partial charge in [-0.2, -0.15) is 0 Å². The monoisotopic (exact) mass is 260 g/mol. The maximum absolute atomic E-state index is 5.58. The van der Waals surface area contributed by atoms with Crippen molar-refractivity contribution in [2.24, 2.45) is 0 Å². The highest BCUT2D eigenvalue weighted by Crippen LogP contribution is 2.45. The molecule has 0 heterocycles. The first-order valence-electron chi connectivity index (χ1n) is 2.25.